The highest BCUT2D eigenvalue weighted by molar-refractivity contribution is 5.41. The van der Waals surface area contributed by atoms with E-state index in [9.17, 15) is 8.78 Å². The first-order chi connectivity index (χ1) is 14.6. The molecule has 3 rings (SSSR count). The standard InChI is InChI=1S/C27H38F2O/c1-3-5-19-30-25-18-17-24(26(28)27(25)29)16-11-21-9-14-23(15-10-21)22-12-7-20(6-4-2)8-13-22/h17-18,20-23H,3-10,12-15,19H2,1-2H3. The van der Waals surface area contributed by atoms with Crippen LogP contribution in [0.3, 0.4) is 0 Å². The lowest BCUT2D eigenvalue weighted by molar-refractivity contribution is 0.154. The molecule has 2 aliphatic carbocycles. The first-order valence-electron chi connectivity index (χ1n) is 12.2. The second kappa shape index (κ2) is 11.7. The molecule has 0 heterocycles. The molecular formula is C27H38F2O. The van der Waals surface area contributed by atoms with Gasteiger partial charge < -0.3 is 4.74 Å². The van der Waals surface area contributed by atoms with Crippen LogP contribution in [0.1, 0.15) is 96.5 Å². The lowest BCUT2D eigenvalue weighted by atomic mass is 9.69. The zero-order valence-corrected chi connectivity index (χ0v) is 18.8. The largest absolute Gasteiger partial charge is 0.490 e. The van der Waals surface area contributed by atoms with E-state index in [4.69, 9.17) is 4.74 Å². The van der Waals surface area contributed by atoms with E-state index in [0.717, 1.165) is 43.4 Å². The summed E-state index contributed by atoms with van der Waals surface area (Å²) in [6.45, 7) is 4.73. The van der Waals surface area contributed by atoms with Crippen molar-refractivity contribution in [2.75, 3.05) is 6.61 Å². The van der Waals surface area contributed by atoms with Crippen LogP contribution in [-0.4, -0.2) is 6.61 Å². The molecule has 0 spiro atoms. The molecule has 2 saturated carbocycles. The summed E-state index contributed by atoms with van der Waals surface area (Å²) in [6.07, 6.45) is 14.8. The van der Waals surface area contributed by atoms with Crippen molar-refractivity contribution in [3.63, 3.8) is 0 Å². The van der Waals surface area contributed by atoms with Crippen molar-refractivity contribution in [3.8, 4) is 17.6 Å². The normalized spacial score (nSPS) is 26.7. The highest BCUT2D eigenvalue weighted by Crippen LogP contribution is 2.42. The summed E-state index contributed by atoms with van der Waals surface area (Å²) in [5.41, 5.74) is 0.145. The topological polar surface area (TPSA) is 9.23 Å². The highest BCUT2D eigenvalue weighted by Gasteiger charge is 2.30. The Kier molecular flexibility index (Phi) is 9.04. The lowest BCUT2D eigenvalue weighted by Gasteiger charge is -2.37. The molecule has 2 aliphatic rings. The van der Waals surface area contributed by atoms with E-state index >= 15 is 0 Å². The van der Waals surface area contributed by atoms with Gasteiger partial charge in [0.1, 0.15) is 0 Å². The third kappa shape index (κ3) is 6.22. The molecule has 0 saturated heterocycles. The highest BCUT2D eigenvalue weighted by atomic mass is 19.2. The van der Waals surface area contributed by atoms with Crippen LogP contribution < -0.4 is 4.74 Å². The predicted molar refractivity (Wildman–Crippen MR) is 119 cm³/mol. The van der Waals surface area contributed by atoms with Gasteiger partial charge >= 0.3 is 0 Å². The molecule has 0 aliphatic heterocycles. The van der Waals surface area contributed by atoms with Crippen LogP contribution in [-0.2, 0) is 0 Å². The first kappa shape index (κ1) is 23.1. The summed E-state index contributed by atoms with van der Waals surface area (Å²) >= 11 is 0. The van der Waals surface area contributed by atoms with Crippen molar-refractivity contribution < 1.29 is 13.5 Å². The Hall–Kier alpha value is -1.56. The zero-order valence-electron chi connectivity index (χ0n) is 18.8. The summed E-state index contributed by atoms with van der Waals surface area (Å²) in [5, 5.41) is 0. The van der Waals surface area contributed by atoms with Crippen LogP contribution in [0, 0.1) is 47.1 Å². The monoisotopic (exact) mass is 416 g/mol. The number of rotatable bonds is 7. The Bertz CT molecular complexity index is 716. The van der Waals surface area contributed by atoms with Gasteiger partial charge in [-0.2, -0.15) is 4.39 Å². The Morgan fingerprint density at radius 2 is 1.53 bits per heavy atom. The molecule has 1 nitrogen and oxygen atoms in total. The number of hydrogen-bond acceptors (Lipinski definition) is 1. The van der Waals surface area contributed by atoms with E-state index in [1.54, 1.807) is 6.07 Å². The molecule has 0 unspecified atom stereocenters. The van der Waals surface area contributed by atoms with Crippen molar-refractivity contribution in [3.05, 3.63) is 29.3 Å². The average molecular weight is 417 g/mol. The molecule has 2 fully saturated rings. The van der Waals surface area contributed by atoms with Gasteiger partial charge in [-0.1, -0.05) is 57.8 Å². The molecule has 3 heteroatoms. The molecule has 1 aromatic carbocycles. The fourth-order valence-corrected chi connectivity index (χ4v) is 5.34. The molecule has 30 heavy (non-hydrogen) atoms. The first-order valence-corrected chi connectivity index (χ1v) is 12.2. The molecule has 0 N–H and O–H groups in total. The van der Waals surface area contributed by atoms with E-state index in [2.05, 4.69) is 18.8 Å². The minimum atomic E-state index is -0.916. The predicted octanol–water partition coefficient (Wildman–Crippen LogP) is 7.91. The van der Waals surface area contributed by atoms with Gasteiger partial charge in [0.05, 0.1) is 12.2 Å². The summed E-state index contributed by atoms with van der Waals surface area (Å²) in [7, 11) is 0. The fourth-order valence-electron chi connectivity index (χ4n) is 5.34. The number of benzene rings is 1. The Morgan fingerprint density at radius 3 is 2.17 bits per heavy atom. The number of halogens is 2. The SMILES string of the molecule is CCCCOc1ccc(C#CC2CCC(C3CCC(CCC)CC3)CC2)c(F)c1F. The van der Waals surface area contributed by atoms with Gasteiger partial charge in [0, 0.05) is 5.92 Å². The Balaban J connectivity index is 1.49. The van der Waals surface area contributed by atoms with Gasteiger partial charge in [0.2, 0.25) is 5.82 Å². The van der Waals surface area contributed by atoms with Crippen molar-refractivity contribution in [1.29, 1.82) is 0 Å². The van der Waals surface area contributed by atoms with Gasteiger partial charge in [-0.05, 0) is 74.8 Å². The summed E-state index contributed by atoms with van der Waals surface area (Å²) in [6, 6.07) is 3.05. The van der Waals surface area contributed by atoms with Crippen molar-refractivity contribution in [1.82, 2.24) is 0 Å². The van der Waals surface area contributed by atoms with E-state index < -0.39 is 11.6 Å². The fraction of sp³-hybridized carbons (Fsp3) is 0.704. The molecule has 166 valence electrons. The summed E-state index contributed by atoms with van der Waals surface area (Å²) < 4.78 is 33.9. The van der Waals surface area contributed by atoms with Crippen LogP contribution >= 0.6 is 0 Å². The summed E-state index contributed by atoms with van der Waals surface area (Å²) in [4.78, 5) is 0. The second-order valence-electron chi connectivity index (χ2n) is 9.39. The van der Waals surface area contributed by atoms with Crippen LogP contribution in [0.4, 0.5) is 8.78 Å². The molecular weight excluding hydrogens is 378 g/mol. The minimum absolute atomic E-state index is 0.0133. The van der Waals surface area contributed by atoms with Gasteiger partial charge in [0.15, 0.2) is 11.6 Å². The molecule has 0 aromatic heterocycles. The Morgan fingerprint density at radius 1 is 0.867 bits per heavy atom. The molecule has 0 bridgehead atoms. The quantitative estimate of drug-likeness (QED) is 0.324. The average Bonchev–Trinajstić information content (AvgIpc) is 2.77. The van der Waals surface area contributed by atoms with Crippen molar-refractivity contribution >= 4 is 0 Å². The van der Waals surface area contributed by atoms with E-state index in [1.807, 2.05) is 6.92 Å². The lowest BCUT2D eigenvalue weighted by Crippen LogP contribution is -2.25. The van der Waals surface area contributed by atoms with E-state index in [1.165, 1.54) is 57.4 Å². The van der Waals surface area contributed by atoms with E-state index in [0.29, 0.717) is 12.5 Å². The van der Waals surface area contributed by atoms with Gasteiger partial charge in [-0.25, -0.2) is 4.39 Å². The van der Waals surface area contributed by atoms with Crippen molar-refractivity contribution in [2.24, 2.45) is 23.7 Å². The van der Waals surface area contributed by atoms with Gasteiger partial charge in [-0.15, -0.1) is 0 Å². The third-order valence-corrected chi connectivity index (χ3v) is 7.24. The van der Waals surface area contributed by atoms with Crippen molar-refractivity contribution in [2.45, 2.75) is 90.9 Å². The maximum absolute atomic E-state index is 14.4. The molecule has 0 radical (unpaired) electrons. The number of unbranched alkanes of at least 4 members (excludes halogenated alkanes) is 1. The molecule has 0 atom stereocenters. The number of ether oxygens (including phenoxy) is 1. The molecule has 1 aromatic rings. The second-order valence-corrected chi connectivity index (χ2v) is 9.39. The minimum Gasteiger partial charge on any atom is -0.490 e. The Labute approximate surface area is 182 Å². The van der Waals surface area contributed by atoms with Crippen LogP contribution in [0.5, 0.6) is 5.75 Å². The third-order valence-electron chi connectivity index (χ3n) is 7.24. The maximum Gasteiger partial charge on any atom is 0.201 e. The zero-order chi connectivity index (χ0) is 21.3. The maximum atomic E-state index is 14.4. The smallest absolute Gasteiger partial charge is 0.201 e. The summed E-state index contributed by atoms with van der Waals surface area (Å²) in [5.74, 6) is 7.35. The van der Waals surface area contributed by atoms with E-state index in [-0.39, 0.29) is 11.3 Å². The van der Waals surface area contributed by atoms with Crippen LogP contribution in [0.2, 0.25) is 0 Å². The van der Waals surface area contributed by atoms with Gasteiger partial charge in [0.25, 0.3) is 0 Å². The number of hydrogen-bond donors (Lipinski definition) is 0. The van der Waals surface area contributed by atoms with Crippen LogP contribution in [0.15, 0.2) is 12.1 Å². The molecule has 0 amide bonds. The van der Waals surface area contributed by atoms with Gasteiger partial charge in [-0.3, -0.25) is 0 Å². The van der Waals surface area contributed by atoms with Crippen LogP contribution in [0.25, 0.3) is 0 Å².